The van der Waals surface area contributed by atoms with Crippen molar-refractivity contribution in [3.63, 3.8) is 0 Å². The van der Waals surface area contributed by atoms with Gasteiger partial charge in [-0.25, -0.2) is 31.7 Å². The maximum atomic E-state index is 14.8. The molecule has 14 nitrogen and oxygen atoms in total. The zero-order valence-corrected chi connectivity index (χ0v) is 33.3. The molecule has 6 rings (SSSR count). The van der Waals surface area contributed by atoms with Gasteiger partial charge in [0.15, 0.2) is 0 Å². The van der Waals surface area contributed by atoms with Gasteiger partial charge in [0.05, 0.1) is 31.8 Å². The summed E-state index contributed by atoms with van der Waals surface area (Å²) in [6.45, 7) is 9.46. The Kier molecular flexibility index (Phi) is 11.3. The standard InChI is InChI=1S/C39H51F2N5O9S/c1-22-9-7-8-10-24-18-39(24,35(49)45-56(51,52)38(41)13-14-38)44-32(47)29-17-26(55-33-28-16-25(40)11-12-27(28)30(53-6)19-42-33)20-46(29)34(48)31(23(2)15-22)43-36(50)54-21-37(3,4)5/h8,10-12,16,19,22-24,26,29,31H,7,9,13-15,17-18,20-21H2,1-6H3,(H,43,50)(H,44,47)(H,45,49)/b10-8-/t22-,23-,24-,26-,29+,31+,39-/m1/s1. The van der Waals surface area contributed by atoms with Crippen LogP contribution in [0.4, 0.5) is 13.6 Å². The van der Waals surface area contributed by atoms with Crippen LogP contribution in [-0.4, -0.2) is 91.1 Å². The number of allylic oxidation sites excluding steroid dienone is 1. The van der Waals surface area contributed by atoms with Crippen molar-refractivity contribution < 1.29 is 50.6 Å². The third-order valence-electron chi connectivity index (χ3n) is 11.0. The van der Waals surface area contributed by atoms with E-state index in [2.05, 4.69) is 15.6 Å². The molecular formula is C39H51F2N5O9S. The van der Waals surface area contributed by atoms with Crippen LogP contribution in [-0.2, 0) is 29.1 Å². The number of nitrogens with zero attached hydrogens (tertiary/aromatic N) is 2. The fourth-order valence-corrected chi connectivity index (χ4v) is 8.77. The van der Waals surface area contributed by atoms with Crippen LogP contribution in [0.5, 0.6) is 11.6 Å². The third kappa shape index (κ3) is 8.71. The van der Waals surface area contributed by atoms with Crippen LogP contribution < -0.4 is 24.8 Å². The lowest BCUT2D eigenvalue weighted by Gasteiger charge is -2.33. The summed E-state index contributed by atoms with van der Waals surface area (Å²) in [5, 5.41) is 3.74. The van der Waals surface area contributed by atoms with Gasteiger partial charge in [-0.05, 0) is 61.1 Å². The monoisotopic (exact) mass is 803 g/mol. The average molecular weight is 804 g/mol. The average Bonchev–Trinajstić information content (AvgIpc) is 4.01. The van der Waals surface area contributed by atoms with Crippen molar-refractivity contribution in [3.05, 3.63) is 42.4 Å². The second kappa shape index (κ2) is 15.4. The second-order valence-electron chi connectivity index (χ2n) is 17.0. The van der Waals surface area contributed by atoms with Gasteiger partial charge >= 0.3 is 6.09 Å². The van der Waals surface area contributed by atoms with Crippen molar-refractivity contribution in [2.24, 2.45) is 23.2 Å². The number of carbonyl (C=O) groups is 4. The summed E-state index contributed by atoms with van der Waals surface area (Å²) in [5.41, 5.74) is -2.09. The number of rotatable bonds is 8. The highest BCUT2D eigenvalue weighted by atomic mass is 32.2. The normalized spacial score (nSPS) is 29.8. The van der Waals surface area contributed by atoms with Gasteiger partial charge in [0.25, 0.3) is 15.9 Å². The third-order valence-corrected chi connectivity index (χ3v) is 12.8. The molecule has 1 aromatic carbocycles. The largest absolute Gasteiger partial charge is 0.494 e. The molecule has 2 saturated carbocycles. The molecule has 2 aromatic rings. The van der Waals surface area contributed by atoms with Gasteiger partial charge < -0.3 is 29.7 Å². The Morgan fingerprint density at radius 1 is 1.12 bits per heavy atom. The number of sulfonamides is 1. The number of ether oxygens (including phenoxy) is 3. The molecule has 306 valence electrons. The molecule has 4 aliphatic rings. The van der Waals surface area contributed by atoms with Crippen molar-refractivity contribution in [2.75, 3.05) is 20.3 Å². The Balaban J connectivity index is 1.35. The zero-order valence-electron chi connectivity index (χ0n) is 32.5. The Morgan fingerprint density at radius 3 is 2.54 bits per heavy atom. The van der Waals surface area contributed by atoms with Gasteiger partial charge in [-0.1, -0.05) is 46.8 Å². The van der Waals surface area contributed by atoms with Crippen LogP contribution >= 0.6 is 0 Å². The Morgan fingerprint density at radius 2 is 1.86 bits per heavy atom. The van der Waals surface area contributed by atoms with Crippen molar-refractivity contribution in [1.82, 2.24) is 25.2 Å². The molecule has 2 aliphatic heterocycles. The van der Waals surface area contributed by atoms with Crippen LogP contribution in [0.1, 0.15) is 79.6 Å². The van der Waals surface area contributed by atoms with Crippen LogP contribution in [0.2, 0.25) is 0 Å². The first-order valence-corrected chi connectivity index (χ1v) is 20.5. The topological polar surface area (TPSA) is 182 Å². The number of methoxy groups -OCH3 is 1. The van der Waals surface area contributed by atoms with E-state index in [0.29, 0.717) is 35.8 Å². The van der Waals surface area contributed by atoms with Gasteiger partial charge in [0.2, 0.25) is 22.7 Å². The molecule has 0 radical (unpaired) electrons. The number of amides is 4. The Labute approximate surface area is 325 Å². The summed E-state index contributed by atoms with van der Waals surface area (Å²) < 4.78 is 74.0. The molecule has 3 heterocycles. The lowest BCUT2D eigenvalue weighted by atomic mass is 9.88. The number of alkyl carbamates (subject to hydrolysis) is 1. The van der Waals surface area contributed by atoms with Crippen molar-refractivity contribution in [2.45, 2.75) is 108 Å². The van der Waals surface area contributed by atoms with Crippen molar-refractivity contribution in [1.29, 1.82) is 0 Å². The van der Waals surface area contributed by atoms with Gasteiger partial charge in [0.1, 0.15) is 35.3 Å². The molecule has 0 unspecified atom stereocenters. The lowest BCUT2D eigenvalue weighted by molar-refractivity contribution is -0.142. The fraction of sp³-hybridized carbons (Fsp3) is 0.615. The molecule has 1 aromatic heterocycles. The maximum absolute atomic E-state index is 14.8. The number of aromatic nitrogens is 1. The minimum absolute atomic E-state index is 0.0252. The summed E-state index contributed by atoms with van der Waals surface area (Å²) in [5.74, 6) is -3.55. The number of pyridine rings is 1. The Hall–Kier alpha value is -4.54. The highest BCUT2D eigenvalue weighted by molar-refractivity contribution is 7.91. The van der Waals surface area contributed by atoms with E-state index in [1.54, 1.807) is 6.08 Å². The first-order chi connectivity index (χ1) is 26.3. The molecular weight excluding hydrogens is 753 g/mol. The highest BCUT2D eigenvalue weighted by Gasteiger charge is 2.64. The number of alkyl halides is 1. The minimum Gasteiger partial charge on any atom is -0.494 e. The predicted molar refractivity (Wildman–Crippen MR) is 201 cm³/mol. The van der Waals surface area contributed by atoms with E-state index < -0.39 is 80.2 Å². The number of fused-ring (bicyclic) bond motifs is 3. The van der Waals surface area contributed by atoms with E-state index in [1.165, 1.54) is 36.4 Å². The van der Waals surface area contributed by atoms with Crippen LogP contribution in [0.3, 0.4) is 0 Å². The number of hydrogen-bond acceptors (Lipinski definition) is 10. The molecule has 0 bridgehead atoms. The second-order valence-corrected chi connectivity index (χ2v) is 18.9. The fourth-order valence-electron chi connectivity index (χ4n) is 7.52. The minimum atomic E-state index is -4.69. The van der Waals surface area contributed by atoms with Gasteiger partial charge in [0, 0.05) is 30.6 Å². The highest BCUT2D eigenvalue weighted by Crippen LogP contribution is 2.48. The van der Waals surface area contributed by atoms with E-state index in [-0.39, 0.29) is 56.0 Å². The number of nitrogens with one attached hydrogen (secondary N) is 3. The van der Waals surface area contributed by atoms with Crippen molar-refractivity contribution >= 4 is 44.6 Å². The van der Waals surface area contributed by atoms with Crippen molar-refractivity contribution in [3.8, 4) is 11.6 Å². The quantitative estimate of drug-likeness (QED) is 0.318. The summed E-state index contributed by atoms with van der Waals surface area (Å²) in [6, 6.07) is 1.61. The number of halogens is 2. The first-order valence-electron chi connectivity index (χ1n) is 19.0. The van der Waals surface area contributed by atoms with E-state index in [1.807, 2.05) is 45.4 Å². The molecule has 4 amide bonds. The van der Waals surface area contributed by atoms with Gasteiger partial charge in [-0.15, -0.1) is 0 Å². The molecule has 17 heteroatoms. The van der Waals surface area contributed by atoms with Crippen LogP contribution in [0.15, 0.2) is 36.5 Å². The molecule has 2 aliphatic carbocycles. The predicted octanol–water partition coefficient (Wildman–Crippen LogP) is 4.66. The van der Waals surface area contributed by atoms with E-state index in [9.17, 15) is 36.4 Å². The molecule has 3 fully saturated rings. The molecule has 7 atom stereocenters. The Bertz CT molecular complexity index is 2020. The first kappa shape index (κ1) is 41.1. The number of carbonyl (C=O) groups excluding carboxylic acids is 4. The van der Waals surface area contributed by atoms with Crippen LogP contribution in [0, 0.1) is 29.0 Å². The van der Waals surface area contributed by atoms with Crippen LogP contribution in [0.25, 0.3) is 10.8 Å². The van der Waals surface area contributed by atoms with Gasteiger partial charge in [-0.3, -0.25) is 14.4 Å². The zero-order chi connectivity index (χ0) is 40.8. The smallest absolute Gasteiger partial charge is 0.407 e. The van der Waals surface area contributed by atoms with E-state index >= 15 is 0 Å². The summed E-state index contributed by atoms with van der Waals surface area (Å²) in [6.07, 6.45) is 4.58. The SMILES string of the molecule is COc1cnc(O[C@@H]2C[C@H]3C(=O)N[C@]4(C(=O)NS(=O)(=O)C5(F)CC5)C[C@H]4/C=C\CC[C@@H](C)C[C@@H](C)[C@H](NC(=O)OCC(C)(C)C)C(=O)N3C2)c2cc(F)ccc12. The molecule has 1 saturated heterocycles. The maximum Gasteiger partial charge on any atom is 0.407 e. The summed E-state index contributed by atoms with van der Waals surface area (Å²) in [4.78, 5) is 61.7. The lowest BCUT2D eigenvalue weighted by Crippen LogP contribution is -2.59. The molecule has 56 heavy (non-hydrogen) atoms. The van der Waals surface area contributed by atoms with E-state index in [4.69, 9.17) is 14.2 Å². The number of benzene rings is 1. The summed E-state index contributed by atoms with van der Waals surface area (Å²) in [7, 11) is -3.25. The summed E-state index contributed by atoms with van der Waals surface area (Å²) >= 11 is 0. The van der Waals surface area contributed by atoms with E-state index in [0.717, 1.165) is 0 Å². The van der Waals surface area contributed by atoms with Gasteiger partial charge in [-0.2, -0.15) is 0 Å². The molecule has 0 spiro atoms. The molecule has 3 N–H and O–H groups in total. The number of hydrogen-bond donors (Lipinski definition) is 3.